The Labute approximate surface area is 157 Å². The molecule has 0 radical (unpaired) electrons. The van der Waals surface area contributed by atoms with Crippen molar-refractivity contribution in [2.45, 2.75) is 0 Å². The summed E-state index contributed by atoms with van der Waals surface area (Å²) in [6, 6.07) is 5.63. The van der Waals surface area contributed by atoms with E-state index in [9.17, 15) is 24.3 Å². The van der Waals surface area contributed by atoms with Gasteiger partial charge in [-0.25, -0.2) is 14.4 Å². The molecule has 2 aromatic rings. The maximum absolute atomic E-state index is 11.9. The van der Waals surface area contributed by atoms with E-state index >= 15 is 0 Å². The van der Waals surface area contributed by atoms with Crippen LogP contribution in [0.15, 0.2) is 33.9 Å². The van der Waals surface area contributed by atoms with Crippen LogP contribution in [0.2, 0.25) is 0 Å². The van der Waals surface area contributed by atoms with Gasteiger partial charge < -0.3 is 21.9 Å². The van der Waals surface area contributed by atoms with Crippen LogP contribution in [0.4, 0.5) is 0 Å². The first-order valence-electron chi connectivity index (χ1n) is 5.87. The summed E-state index contributed by atoms with van der Waals surface area (Å²) >= 11 is 0. The van der Waals surface area contributed by atoms with Gasteiger partial charge in [-0.2, -0.15) is 0 Å². The Bertz CT molecular complexity index is 875. The minimum atomic E-state index is -1.75. The molecule has 0 unspecified atom stereocenters. The van der Waals surface area contributed by atoms with Crippen molar-refractivity contribution in [2.24, 2.45) is 0 Å². The van der Waals surface area contributed by atoms with Crippen LogP contribution in [0.5, 0.6) is 5.75 Å². The molecule has 1 aromatic carbocycles. The van der Waals surface area contributed by atoms with E-state index in [2.05, 4.69) is 0 Å². The molecule has 1 heterocycles. The summed E-state index contributed by atoms with van der Waals surface area (Å²) in [6.45, 7) is 0. The zero-order valence-electron chi connectivity index (χ0n) is 13.7. The van der Waals surface area contributed by atoms with E-state index in [0.717, 1.165) is 0 Å². The van der Waals surface area contributed by atoms with E-state index in [1.54, 1.807) is 4.98 Å². The first-order valence-corrected chi connectivity index (χ1v) is 5.87. The van der Waals surface area contributed by atoms with Crippen molar-refractivity contribution in [3.8, 4) is 11.4 Å². The normalized spacial score (nSPS) is 9.38. The fourth-order valence-electron chi connectivity index (χ4n) is 1.92. The van der Waals surface area contributed by atoms with Gasteiger partial charge in [-0.05, 0) is 24.3 Å². The van der Waals surface area contributed by atoms with Crippen molar-refractivity contribution in [3.63, 3.8) is 0 Å². The molecule has 0 aliphatic rings. The number of carboxylic acid groups (broad SMARTS) is 2. The summed E-state index contributed by atoms with van der Waals surface area (Å²) in [5.41, 5.74) is -4.21. The molecule has 0 saturated carbocycles. The summed E-state index contributed by atoms with van der Waals surface area (Å²) in [5, 5.41) is 18.2. The maximum atomic E-state index is 11.9. The van der Waals surface area contributed by atoms with Crippen LogP contribution in [0.25, 0.3) is 5.69 Å². The molecule has 0 aliphatic heterocycles. The van der Waals surface area contributed by atoms with Gasteiger partial charge in [0.25, 0.3) is 5.56 Å². The number of methoxy groups -OCH3 is 1. The summed E-state index contributed by atoms with van der Waals surface area (Å²) in [6.07, 6.45) is 0. The van der Waals surface area contributed by atoms with Gasteiger partial charge >= 0.3 is 47.2 Å². The third kappa shape index (κ3) is 3.92. The second-order valence-electron chi connectivity index (χ2n) is 4.13. The van der Waals surface area contributed by atoms with Crippen LogP contribution in [-0.2, 0) is 0 Å². The Morgan fingerprint density at radius 3 is 2.08 bits per heavy atom. The fourth-order valence-corrected chi connectivity index (χ4v) is 1.92. The molecule has 0 amide bonds. The van der Waals surface area contributed by atoms with Crippen LogP contribution >= 0.6 is 0 Å². The Kier molecular flexibility index (Phi) is 7.61. The standard InChI is InChI=1S/C13H10N2O7.Na.H2O.H/c1-22-7-4-2-6(3-5-7)15-9(12(19)20)8(11(17)18)10(16)14-13(15)21;;;/h2-5H,1H3,(H,17,18)(H,19,20)(H,14,16,21);;1H2;/q;+1;;-1. The molecule has 0 bridgehead atoms. The zero-order valence-corrected chi connectivity index (χ0v) is 14.7. The molecule has 0 atom stereocenters. The molecule has 2 rings (SSSR count). The number of ether oxygens (including phenoxy) is 1. The summed E-state index contributed by atoms with van der Waals surface area (Å²) < 4.78 is 5.54. The largest absolute Gasteiger partial charge is 1.00 e. The third-order valence-corrected chi connectivity index (χ3v) is 2.86. The number of hydrogen-bond donors (Lipinski definition) is 3. The number of benzene rings is 1. The average Bonchev–Trinajstić information content (AvgIpc) is 2.46. The molecule has 10 nitrogen and oxygen atoms in total. The number of H-pyrrole nitrogens is 1. The molecular formula is C13H13N2NaO8. The first kappa shape index (κ1) is 21.6. The second-order valence-corrected chi connectivity index (χ2v) is 4.13. The average molecular weight is 348 g/mol. The number of carboxylic acids is 2. The van der Waals surface area contributed by atoms with Crippen molar-refractivity contribution >= 4 is 11.9 Å². The fraction of sp³-hybridized carbons (Fsp3) is 0.0769. The van der Waals surface area contributed by atoms with Gasteiger partial charge in [-0.15, -0.1) is 0 Å². The predicted octanol–water partition coefficient (Wildman–Crippen LogP) is -3.78. The van der Waals surface area contributed by atoms with Crippen LogP contribution in [0, 0.1) is 0 Å². The minimum absolute atomic E-state index is 0. The van der Waals surface area contributed by atoms with Gasteiger partial charge in [0.15, 0.2) is 11.3 Å². The monoisotopic (exact) mass is 348 g/mol. The predicted molar refractivity (Wildman–Crippen MR) is 77.9 cm³/mol. The van der Waals surface area contributed by atoms with Crippen molar-refractivity contribution in [1.82, 2.24) is 9.55 Å². The first-order chi connectivity index (χ1) is 10.4. The Morgan fingerprint density at radius 1 is 1.12 bits per heavy atom. The smallest absolute Gasteiger partial charge is 1.00 e. The minimum Gasteiger partial charge on any atom is -1.00 e. The molecule has 0 spiro atoms. The number of hydrogen-bond acceptors (Lipinski definition) is 5. The second kappa shape index (κ2) is 8.45. The Balaban J connectivity index is 0. The van der Waals surface area contributed by atoms with Gasteiger partial charge in [-0.1, -0.05) is 0 Å². The van der Waals surface area contributed by atoms with Crippen molar-refractivity contribution in [3.05, 3.63) is 56.4 Å². The SMILES string of the molecule is COc1ccc(-n2c(C(=O)O)c(C(=O)O)c(=O)[nH]c2=O)cc1.O.[H-].[Na+]. The number of carbonyl (C=O) groups is 2. The molecule has 0 aliphatic carbocycles. The zero-order chi connectivity index (χ0) is 16.4. The van der Waals surface area contributed by atoms with E-state index in [1.807, 2.05) is 0 Å². The maximum Gasteiger partial charge on any atom is 1.00 e. The molecule has 0 saturated heterocycles. The molecular weight excluding hydrogens is 335 g/mol. The van der Waals surface area contributed by atoms with E-state index in [-0.39, 0.29) is 42.1 Å². The Morgan fingerprint density at radius 2 is 1.67 bits per heavy atom. The number of aromatic nitrogens is 2. The number of nitrogens with zero attached hydrogens (tertiary/aromatic N) is 1. The summed E-state index contributed by atoms with van der Waals surface area (Å²) in [4.78, 5) is 47.7. The molecule has 124 valence electrons. The van der Waals surface area contributed by atoms with Gasteiger partial charge in [0.1, 0.15) is 5.75 Å². The Hall–Kier alpha value is -2.40. The number of rotatable bonds is 4. The van der Waals surface area contributed by atoms with E-state index in [0.29, 0.717) is 10.3 Å². The number of nitrogens with one attached hydrogen (secondary N) is 1. The number of aromatic carboxylic acids is 2. The van der Waals surface area contributed by atoms with Crippen molar-refractivity contribution in [2.75, 3.05) is 7.11 Å². The number of aromatic amines is 1. The van der Waals surface area contributed by atoms with Crippen molar-refractivity contribution in [1.29, 1.82) is 0 Å². The van der Waals surface area contributed by atoms with Crippen LogP contribution < -0.4 is 45.5 Å². The van der Waals surface area contributed by atoms with Gasteiger partial charge in [-0.3, -0.25) is 14.3 Å². The topological polar surface area (TPSA) is 170 Å². The van der Waals surface area contributed by atoms with Crippen LogP contribution in [0.3, 0.4) is 0 Å². The molecule has 24 heavy (non-hydrogen) atoms. The van der Waals surface area contributed by atoms with Crippen molar-refractivity contribution < 1.29 is 61.0 Å². The quantitative estimate of drug-likeness (QED) is 0.476. The summed E-state index contributed by atoms with van der Waals surface area (Å²) in [5.74, 6) is -3.01. The molecule has 1 aromatic heterocycles. The molecule has 11 heteroatoms. The molecule has 5 N–H and O–H groups in total. The third-order valence-electron chi connectivity index (χ3n) is 2.86. The molecule has 0 fully saturated rings. The van der Waals surface area contributed by atoms with E-state index in [1.165, 1.54) is 31.4 Å². The van der Waals surface area contributed by atoms with Crippen LogP contribution in [-0.4, -0.2) is 44.3 Å². The van der Waals surface area contributed by atoms with Gasteiger partial charge in [0, 0.05) is 0 Å². The van der Waals surface area contributed by atoms with Gasteiger partial charge in [0.05, 0.1) is 12.8 Å². The summed E-state index contributed by atoms with van der Waals surface area (Å²) in [7, 11) is 1.42. The van der Waals surface area contributed by atoms with Gasteiger partial charge in [0.2, 0.25) is 0 Å². The van der Waals surface area contributed by atoms with Crippen LogP contribution in [0.1, 0.15) is 22.3 Å². The van der Waals surface area contributed by atoms with E-state index in [4.69, 9.17) is 9.84 Å². The van der Waals surface area contributed by atoms with E-state index < -0.39 is 34.4 Å².